The summed E-state index contributed by atoms with van der Waals surface area (Å²) in [5.74, 6) is 0.643. The lowest BCUT2D eigenvalue weighted by molar-refractivity contribution is 0.306. The van der Waals surface area contributed by atoms with E-state index in [9.17, 15) is 4.39 Å². The van der Waals surface area contributed by atoms with E-state index in [1.807, 2.05) is 12.1 Å². The predicted octanol–water partition coefficient (Wildman–Crippen LogP) is 5.23. The first kappa shape index (κ1) is 15.5. The van der Waals surface area contributed by atoms with Crippen LogP contribution in [0.25, 0.3) is 0 Å². The van der Waals surface area contributed by atoms with Gasteiger partial charge < -0.3 is 5.32 Å². The molecule has 0 amide bonds. The quantitative estimate of drug-likeness (QED) is 0.727. The van der Waals surface area contributed by atoms with Gasteiger partial charge in [0.15, 0.2) is 0 Å². The van der Waals surface area contributed by atoms with E-state index in [0.29, 0.717) is 6.04 Å². The maximum absolute atomic E-state index is 13.4. The number of halogens is 1. The standard InChI is InChI=1S/C18H28FN/c1-3-18(16-11-8-12-17(19)13-16)20-14(2)15-9-6-4-5-7-10-15/h8,11-15,18,20H,3-7,9-10H2,1-2H3/t14-,18?/m1/s1. The summed E-state index contributed by atoms with van der Waals surface area (Å²) < 4.78 is 13.4. The summed E-state index contributed by atoms with van der Waals surface area (Å²) in [6.45, 7) is 4.47. The van der Waals surface area contributed by atoms with Crippen LogP contribution in [0.15, 0.2) is 24.3 Å². The van der Waals surface area contributed by atoms with Gasteiger partial charge in [0.1, 0.15) is 5.82 Å². The molecule has 0 saturated heterocycles. The molecule has 1 nitrogen and oxygen atoms in total. The van der Waals surface area contributed by atoms with Gasteiger partial charge in [-0.05, 0) is 49.8 Å². The Morgan fingerprint density at radius 2 is 1.90 bits per heavy atom. The largest absolute Gasteiger partial charge is 0.307 e. The van der Waals surface area contributed by atoms with Crippen LogP contribution in [0.3, 0.4) is 0 Å². The third-order valence-corrected chi connectivity index (χ3v) is 4.73. The van der Waals surface area contributed by atoms with Crippen molar-refractivity contribution in [1.82, 2.24) is 5.32 Å². The van der Waals surface area contributed by atoms with Crippen LogP contribution in [-0.4, -0.2) is 6.04 Å². The maximum Gasteiger partial charge on any atom is 0.123 e. The molecule has 0 spiro atoms. The second-order valence-corrected chi connectivity index (χ2v) is 6.22. The lowest BCUT2D eigenvalue weighted by Gasteiger charge is -2.28. The lowest BCUT2D eigenvalue weighted by atomic mass is 9.91. The number of hydrogen-bond donors (Lipinski definition) is 1. The Morgan fingerprint density at radius 1 is 1.20 bits per heavy atom. The summed E-state index contributed by atoms with van der Waals surface area (Å²) in [6.07, 6.45) is 9.21. The molecule has 2 atom stereocenters. The van der Waals surface area contributed by atoms with Crippen LogP contribution in [0.2, 0.25) is 0 Å². The highest BCUT2D eigenvalue weighted by Crippen LogP contribution is 2.27. The van der Waals surface area contributed by atoms with E-state index in [0.717, 1.165) is 17.9 Å². The van der Waals surface area contributed by atoms with E-state index in [4.69, 9.17) is 0 Å². The topological polar surface area (TPSA) is 12.0 Å². The molecule has 0 radical (unpaired) electrons. The maximum atomic E-state index is 13.4. The van der Waals surface area contributed by atoms with E-state index in [1.54, 1.807) is 6.07 Å². The Hall–Kier alpha value is -0.890. The molecule has 20 heavy (non-hydrogen) atoms. The van der Waals surface area contributed by atoms with Crippen LogP contribution >= 0.6 is 0 Å². The zero-order chi connectivity index (χ0) is 14.4. The second-order valence-electron chi connectivity index (χ2n) is 6.22. The fraction of sp³-hybridized carbons (Fsp3) is 0.667. The summed E-state index contributed by atoms with van der Waals surface area (Å²) in [7, 11) is 0. The molecule has 0 heterocycles. The van der Waals surface area contributed by atoms with Crippen LogP contribution in [0.1, 0.15) is 70.4 Å². The first-order valence-electron chi connectivity index (χ1n) is 8.22. The van der Waals surface area contributed by atoms with Gasteiger partial charge in [0.25, 0.3) is 0 Å². The van der Waals surface area contributed by atoms with Crippen LogP contribution in [0.5, 0.6) is 0 Å². The van der Waals surface area contributed by atoms with Crippen LogP contribution < -0.4 is 5.32 Å². The second kappa shape index (κ2) is 7.78. The number of nitrogens with one attached hydrogen (secondary N) is 1. The number of benzene rings is 1. The first-order valence-corrected chi connectivity index (χ1v) is 8.22. The molecule has 2 heteroatoms. The Bertz CT molecular complexity index is 396. The molecular formula is C18H28FN. The minimum Gasteiger partial charge on any atom is -0.307 e. The SMILES string of the molecule is CCC(N[C@H](C)C1CCCCCC1)c1cccc(F)c1. The van der Waals surface area contributed by atoms with E-state index in [-0.39, 0.29) is 11.9 Å². The van der Waals surface area contributed by atoms with Gasteiger partial charge in [0.2, 0.25) is 0 Å². The number of hydrogen-bond acceptors (Lipinski definition) is 1. The molecule has 112 valence electrons. The van der Waals surface area contributed by atoms with Crippen molar-refractivity contribution in [3.63, 3.8) is 0 Å². The monoisotopic (exact) mass is 277 g/mol. The van der Waals surface area contributed by atoms with Crippen molar-refractivity contribution in [3.05, 3.63) is 35.6 Å². The highest BCUT2D eigenvalue weighted by Gasteiger charge is 2.21. The fourth-order valence-electron chi connectivity index (χ4n) is 3.44. The molecule has 1 saturated carbocycles. The van der Waals surface area contributed by atoms with Crippen LogP contribution in [0.4, 0.5) is 4.39 Å². The normalized spacial score (nSPS) is 20.4. The van der Waals surface area contributed by atoms with Gasteiger partial charge in [-0.1, -0.05) is 44.7 Å². The summed E-state index contributed by atoms with van der Waals surface area (Å²) in [4.78, 5) is 0. The zero-order valence-corrected chi connectivity index (χ0v) is 12.9. The lowest BCUT2D eigenvalue weighted by Crippen LogP contribution is -2.36. The number of rotatable bonds is 5. The van der Waals surface area contributed by atoms with Crippen molar-refractivity contribution in [2.24, 2.45) is 5.92 Å². The molecule has 1 unspecified atom stereocenters. The minimum atomic E-state index is -0.134. The van der Waals surface area contributed by atoms with Gasteiger partial charge in [-0.3, -0.25) is 0 Å². The van der Waals surface area contributed by atoms with Crippen molar-refractivity contribution in [3.8, 4) is 0 Å². The molecule has 1 aromatic rings. The molecule has 1 fully saturated rings. The van der Waals surface area contributed by atoms with Crippen LogP contribution in [0, 0.1) is 11.7 Å². The van der Waals surface area contributed by atoms with E-state index in [2.05, 4.69) is 19.2 Å². The smallest absolute Gasteiger partial charge is 0.123 e. The third-order valence-electron chi connectivity index (χ3n) is 4.73. The molecule has 2 rings (SSSR count). The molecule has 1 aliphatic carbocycles. The molecule has 0 bridgehead atoms. The summed E-state index contributed by atoms with van der Waals surface area (Å²) in [6, 6.07) is 7.81. The third kappa shape index (κ3) is 4.31. The van der Waals surface area contributed by atoms with Gasteiger partial charge in [-0.2, -0.15) is 0 Å². The molecular weight excluding hydrogens is 249 g/mol. The highest BCUT2D eigenvalue weighted by molar-refractivity contribution is 5.20. The van der Waals surface area contributed by atoms with Gasteiger partial charge in [0.05, 0.1) is 0 Å². The highest BCUT2D eigenvalue weighted by atomic mass is 19.1. The molecule has 0 aromatic heterocycles. The van der Waals surface area contributed by atoms with E-state index in [1.165, 1.54) is 44.6 Å². The molecule has 1 aliphatic rings. The Kier molecular flexibility index (Phi) is 6.03. The minimum absolute atomic E-state index is 0.134. The molecule has 0 aliphatic heterocycles. The average Bonchev–Trinajstić information content (AvgIpc) is 2.73. The van der Waals surface area contributed by atoms with Gasteiger partial charge in [0, 0.05) is 12.1 Å². The van der Waals surface area contributed by atoms with Gasteiger partial charge in [-0.25, -0.2) is 4.39 Å². The fourth-order valence-corrected chi connectivity index (χ4v) is 3.44. The summed E-state index contributed by atoms with van der Waals surface area (Å²) >= 11 is 0. The Morgan fingerprint density at radius 3 is 2.50 bits per heavy atom. The predicted molar refractivity (Wildman–Crippen MR) is 83.2 cm³/mol. The van der Waals surface area contributed by atoms with E-state index < -0.39 is 0 Å². The van der Waals surface area contributed by atoms with Crippen molar-refractivity contribution in [2.75, 3.05) is 0 Å². The van der Waals surface area contributed by atoms with Crippen molar-refractivity contribution in [1.29, 1.82) is 0 Å². The molecule has 1 N–H and O–H groups in total. The van der Waals surface area contributed by atoms with Gasteiger partial charge >= 0.3 is 0 Å². The van der Waals surface area contributed by atoms with E-state index >= 15 is 0 Å². The van der Waals surface area contributed by atoms with Crippen molar-refractivity contribution in [2.45, 2.75) is 70.9 Å². The zero-order valence-electron chi connectivity index (χ0n) is 12.9. The summed E-state index contributed by atoms with van der Waals surface area (Å²) in [5.41, 5.74) is 1.08. The Balaban J connectivity index is 1.98. The average molecular weight is 277 g/mol. The van der Waals surface area contributed by atoms with Crippen molar-refractivity contribution >= 4 is 0 Å². The Labute approximate surface area is 123 Å². The van der Waals surface area contributed by atoms with Crippen LogP contribution in [-0.2, 0) is 0 Å². The van der Waals surface area contributed by atoms with Gasteiger partial charge in [-0.15, -0.1) is 0 Å². The molecule has 1 aromatic carbocycles. The summed E-state index contributed by atoms with van der Waals surface area (Å²) in [5, 5.41) is 3.74. The first-order chi connectivity index (χ1) is 9.70. The van der Waals surface area contributed by atoms with Crippen molar-refractivity contribution < 1.29 is 4.39 Å².